The zero-order chi connectivity index (χ0) is 20.1. The molecule has 28 heavy (non-hydrogen) atoms. The molecule has 0 unspecified atom stereocenters. The van der Waals surface area contributed by atoms with Gasteiger partial charge in [0.15, 0.2) is 5.78 Å². The molecule has 0 atom stereocenters. The van der Waals surface area contributed by atoms with Gasteiger partial charge in [-0.3, -0.25) is 14.4 Å². The quantitative estimate of drug-likeness (QED) is 0.701. The number of ketones is 1. The number of carbonyl (C=O) groups is 3. The van der Waals surface area contributed by atoms with Crippen molar-refractivity contribution in [2.45, 2.75) is 32.1 Å². The first-order chi connectivity index (χ1) is 13.4. The molecule has 1 aromatic carbocycles. The average molecular weight is 399 g/mol. The lowest BCUT2D eigenvalue weighted by atomic mass is 9.83. The summed E-state index contributed by atoms with van der Waals surface area (Å²) in [5.41, 5.74) is 0.395. The van der Waals surface area contributed by atoms with Crippen LogP contribution in [0.1, 0.15) is 41.9 Å². The molecular weight excluding hydrogens is 372 g/mol. The van der Waals surface area contributed by atoms with Gasteiger partial charge in [-0.05, 0) is 30.9 Å². The second-order valence-corrected chi connectivity index (χ2v) is 8.51. The maximum atomic E-state index is 13.0. The molecule has 148 valence electrons. The highest BCUT2D eigenvalue weighted by Gasteiger charge is 2.35. The minimum Gasteiger partial charge on any atom is -0.339 e. The number of Topliss-reactive ketones (excluding diaryl/α,β-unsaturated/α-hetero) is 1. The van der Waals surface area contributed by atoms with Crippen LogP contribution < -0.4 is 0 Å². The van der Waals surface area contributed by atoms with Gasteiger partial charge in [-0.25, -0.2) is 0 Å². The Hall–Kier alpha value is -2.47. The summed E-state index contributed by atoms with van der Waals surface area (Å²) in [5.74, 6) is 0.0831. The van der Waals surface area contributed by atoms with E-state index in [1.54, 1.807) is 11.0 Å². The lowest BCUT2D eigenvalue weighted by molar-refractivity contribution is -0.142. The maximum absolute atomic E-state index is 13.0. The second-order valence-electron chi connectivity index (χ2n) is 7.56. The molecule has 3 rings (SSSR count). The Labute approximate surface area is 170 Å². The Morgan fingerprint density at radius 2 is 1.54 bits per heavy atom. The molecule has 2 heterocycles. The Bertz CT molecular complexity index is 823. The van der Waals surface area contributed by atoms with Crippen LogP contribution in [0.4, 0.5) is 0 Å². The van der Waals surface area contributed by atoms with Crippen molar-refractivity contribution in [3.63, 3.8) is 0 Å². The van der Waals surface area contributed by atoms with Crippen molar-refractivity contribution >= 4 is 28.9 Å². The van der Waals surface area contributed by atoms with Gasteiger partial charge in [0.1, 0.15) is 0 Å². The number of benzene rings is 1. The molecule has 0 bridgehead atoms. The van der Waals surface area contributed by atoms with E-state index >= 15 is 0 Å². The Balaban J connectivity index is 1.50. The van der Waals surface area contributed by atoms with E-state index in [0.29, 0.717) is 31.1 Å². The summed E-state index contributed by atoms with van der Waals surface area (Å²) in [6, 6.07) is 13.4. The van der Waals surface area contributed by atoms with E-state index in [1.807, 2.05) is 60.5 Å². The van der Waals surface area contributed by atoms with Crippen LogP contribution in [0.25, 0.3) is 0 Å². The predicted molar refractivity (Wildman–Crippen MR) is 111 cm³/mol. The van der Waals surface area contributed by atoms with Crippen molar-refractivity contribution in [1.29, 1.82) is 0 Å². The first kappa shape index (κ1) is 20.3. The standard InChI is InChI=1S/C22H26N2O3S/c1-22(2,17-7-4-3-5-8-17)21(27)24-14-12-23(13-15-24)20(26)11-10-18(25)19-9-6-16-28-19/h3-9,16H,10-15H2,1-2H3. The smallest absolute Gasteiger partial charge is 0.232 e. The van der Waals surface area contributed by atoms with Crippen molar-refractivity contribution in [1.82, 2.24) is 9.80 Å². The molecule has 1 aliphatic rings. The van der Waals surface area contributed by atoms with E-state index in [2.05, 4.69) is 0 Å². The molecule has 1 aliphatic heterocycles. The fourth-order valence-electron chi connectivity index (χ4n) is 3.47. The molecule has 0 spiro atoms. The summed E-state index contributed by atoms with van der Waals surface area (Å²) in [6.07, 6.45) is 0.458. The van der Waals surface area contributed by atoms with Crippen molar-refractivity contribution in [2.75, 3.05) is 26.2 Å². The first-order valence-electron chi connectivity index (χ1n) is 9.59. The van der Waals surface area contributed by atoms with Crippen LogP contribution >= 0.6 is 11.3 Å². The minimum absolute atomic E-state index is 0.0145. The number of carbonyl (C=O) groups excluding carboxylic acids is 3. The fourth-order valence-corrected chi connectivity index (χ4v) is 4.17. The third-order valence-electron chi connectivity index (χ3n) is 5.31. The van der Waals surface area contributed by atoms with E-state index in [-0.39, 0.29) is 30.4 Å². The molecule has 1 fully saturated rings. The van der Waals surface area contributed by atoms with E-state index in [4.69, 9.17) is 0 Å². The van der Waals surface area contributed by atoms with E-state index < -0.39 is 5.41 Å². The fraction of sp³-hybridized carbons (Fsp3) is 0.409. The van der Waals surface area contributed by atoms with Crippen LogP contribution in [-0.2, 0) is 15.0 Å². The van der Waals surface area contributed by atoms with Crippen molar-refractivity contribution in [2.24, 2.45) is 0 Å². The number of hydrogen-bond acceptors (Lipinski definition) is 4. The Morgan fingerprint density at radius 1 is 0.893 bits per heavy atom. The molecule has 1 aromatic heterocycles. The Kier molecular flexibility index (Phi) is 6.29. The van der Waals surface area contributed by atoms with Gasteiger partial charge in [0.05, 0.1) is 10.3 Å². The minimum atomic E-state index is -0.597. The summed E-state index contributed by atoms with van der Waals surface area (Å²) < 4.78 is 0. The van der Waals surface area contributed by atoms with Crippen molar-refractivity contribution in [3.8, 4) is 0 Å². The van der Waals surface area contributed by atoms with Crippen LogP contribution in [0.15, 0.2) is 47.8 Å². The highest BCUT2D eigenvalue weighted by molar-refractivity contribution is 7.12. The second kappa shape index (κ2) is 8.69. The van der Waals surface area contributed by atoms with E-state index in [1.165, 1.54) is 11.3 Å². The van der Waals surface area contributed by atoms with E-state index in [9.17, 15) is 14.4 Å². The molecule has 0 aliphatic carbocycles. The number of nitrogens with zero attached hydrogens (tertiary/aromatic N) is 2. The van der Waals surface area contributed by atoms with Crippen LogP contribution in [0.5, 0.6) is 0 Å². The van der Waals surface area contributed by atoms with Gasteiger partial charge in [0, 0.05) is 39.0 Å². The third kappa shape index (κ3) is 4.50. The number of amides is 2. The molecule has 2 amide bonds. The Morgan fingerprint density at radius 3 is 2.14 bits per heavy atom. The van der Waals surface area contributed by atoms with Crippen LogP contribution in [-0.4, -0.2) is 53.6 Å². The maximum Gasteiger partial charge on any atom is 0.232 e. The van der Waals surface area contributed by atoms with Gasteiger partial charge in [-0.15, -0.1) is 11.3 Å². The lowest BCUT2D eigenvalue weighted by Crippen LogP contribution is -2.54. The summed E-state index contributed by atoms with van der Waals surface area (Å²) in [6.45, 7) is 5.97. The summed E-state index contributed by atoms with van der Waals surface area (Å²) in [7, 11) is 0. The molecule has 5 nitrogen and oxygen atoms in total. The molecule has 2 aromatic rings. The van der Waals surface area contributed by atoms with Crippen LogP contribution in [0.2, 0.25) is 0 Å². The van der Waals surface area contributed by atoms with Gasteiger partial charge in [-0.1, -0.05) is 36.4 Å². The monoisotopic (exact) mass is 398 g/mol. The summed E-state index contributed by atoms with van der Waals surface area (Å²) in [5, 5.41) is 1.86. The average Bonchev–Trinajstić information content (AvgIpc) is 3.27. The van der Waals surface area contributed by atoms with Gasteiger partial charge >= 0.3 is 0 Å². The summed E-state index contributed by atoms with van der Waals surface area (Å²) in [4.78, 5) is 41.8. The third-order valence-corrected chi connectivity index (χ3v) is 6.22. The highest BCUT2D eigenvalue weighted by atomic mass is 32.1. The van der Waals surface area contributed by atoms with E-state index in [0.717, 1.165) is 5.56 Å². The zero-order valence-electron chi connectivity index (χ0n) is 16.4. The summed E-state index contributed by atoms with van der Waals surface area (Å²) >= 11 is 1.40. The molecule has 0 N–H and O–H groups in total. The topological polar surface area (TPSA) is 57.7 Å². The molecular formula is C22H26N2O3S. The largest absolute Gasteiger partial charge is 0.339 e. The molecule has 6 heteroatoms. The van der Waals surface area contributed by atoms with Gasteiger partial charge in [0.25, 0.3) is 0 Å². The number of rotatable bonds is 6. The number of piperazine rings is 1. The normalized spacial score (nSPS) is 14.8. The van der Waals surface area contributed by atoms with Gasteiger partial charge in [0.2, 0.25) is 11.8 Å². The first-order valence-corrected chi connectivity index (χ1v) is 10.5. The predicted octanol–water partition coefficient (Wildman–Crippen LogP) is 3.36. The number of thiophene rings is 1. The highest BCUT2D eigenvalue weighted by Crippen LogP contribution is 2.26. The molecule has 1 saturated heterocycles. The molecule has 0 saturated carbocycles. The van der Waals surface area contributed by atoms with Gasteiger partial charge in [-0.2, -0.15) is 0 Å². The van der Waals surface area contributed by atoms with Crippen LogP contribution in [0.3, 0.4) is 0 Å². The van der Waals surface area contributed by atoms with Crippen molar-refractivity contribution < 1.29 is 14.4 Å². The number of hydrogen-bond donors (Lipinski definition) is 0. The van der Waals surface area contributed by atoms with Gasteiger partial charge < -0.3 is 9.80 Å². The molecule has 0 radical (unpaired) electrons. The SMILES string of the molecule is CC(C)(C(=O)N1CCN(C(=O)CCC(=O)c2cccs2)CC1)c1ccccc1. The lowest BCUT2D eigenvalue weighted by Gasteiger charge is -2.38. The zero-order valence-corrected chi connectivity index (χ0v) is 17.2. The van der Waals surface area contributed by atoms with Crippen LogP contribution in [0, 0.1) is 0 Å². The van der Waals surface area contributed by atoms with Crippen molar-refractivity contribution in [3.05, 3.63) is 58.3 Å².